The average Bonchev–Trinajstić information content (AvgIpc) is 2.74. The molecule has 1 amide bonds. The molecule has 6 nitrogen and oxygen atoms in total. The van der Waals surface area contributed by atoms with Crippen LogP contribution >= 0.6 is 0 Å². The number of hydrogen-bond donors (Lipinski definition) is 1. The van der Waals surface area contributed by atoms with Crippen LogP contribution in [0.2, 0.25) is 0 Å². The Balaban J connectivity index is 1.75. The Morgan fingerprint density at radius 1 is 1.03 bits per heavy atom. The van der Waals surface area contributed by atoms with Crippen molar-refractivity contribution >= 4 is 5.91 Å². The number of alkyl halides is 3. The van der Waals surface area contributed by atoms with E-state index in [2.05, 4.69) is 15.2 Å². The summed E-state index contributed by atoms with van der Waals surface area (Å²) in [5.74, 6) is -0.358. The van der Waals surface area contributed by atoms with E-state index in [1.807, 2.05) is 30.3 Å². The average molecular weight is 416 g/mol. The number of halogens is 3. The van der Waals surface area contributed by atoms with Crippen molar-refractivity contribution in [2.75, 3.05) is 6.54 Å². The molecular formula is C21H19F3N4O2. The van der Waals surface area contributed by atoms with Gasteiger partial charge in [-0.15, -0.1) is 0 Å². The predicted octanol–water partition coefficient (Wildman–Crippen LogP) is 3.20. The number of aliphatic hydroxyl groups excluding tert-OH is 1. The van der Waals surface area contributed by atoms with Gasteiger partial charge in [-0.05, 0) is 29.3 Å². The van der Waals surface area contributed by atoms with Crippen LogP contribution in [-0.4, -0.2) is 37.6 Å². The van der Waals surface area contributed by atoms with Gasteiger partial charge in [0.25, 0.3) is 0 Å². The highest BCUT2D eigenvalue weighted by Crippen LogP contribution is 2.27. The van der Waals surface area contributed by atoms with E-state index in [9.17, 15) is 23.1 Å². The Bertz CT molecular complexity index is 951. The minimum atomic E-state index is -4.54. The van der Waals surface area contributed by atoms with E-state index in [-0.39, 0.29) is 25.4 Å². The summed E-state index contributed by atoms with van der Waals surface area (Å²) in [6, 6.07) is 14.5. The first-order chi connectivity index (χ1) is 14.3. The molecule has 0 saturated carbocycles. The van der Waals surface area contributed by atoms with Crippen molar-refractivity contribution < 1.29 is 23.1 Å². The predicted molar refractivity (Wildman–Crippen MR) is 102 cm³/mol. The molecule has 0 saturated heterocycles. The van der Waals surface area contributed by atoms with Crippen molar-refractivity contribution in [3.8, 4) is 0 Å². The number of carbonyl (C=O) groups excluding carboxylic acids is 1. The van der Waals surface area contributed by atoms with Crippen molar-refractivity contribution in [3.63, 3.8) is 0 Å². The third kappa shape index (κ3) is 5.84. The van der Waals surface area contributed by atoms with Crippen LogP contribution in [0.25, 0.3) is 0 Å². The number of benzene rings is 1. The second-order valence-electron chi connectivity index (χ2n) is 6.65. The molecule has 0 aliphatic rings. The maximum atomic E-state index is 12.9. The number of amides is 1. The largest absolute Gasteiger partial charge is 0.433 e. The summed E-state index contributed by atoms with van der Waals surface area (Å²) in [5.41, 5.74) is 0.500. The van der Waals surface area contributed by atoms with Crippen LogP contribution in [0.4, 0.5) is 13.2 Å². The molecule has 0 aliphatic carbocycles. The Kier molecular flexibility index (Phi) is 6.73. The fraction of sp³-hybridized carbons (Fsp3) is 0.238. The van der Waals surface area contributed by atoms with E-state index in [1.54, 1.807) is 12.1 Å². The van der Waals surface area contributed by atoms with E-state index < -0.39 is 18.0 Å². The molecule has 3 aromatic rings. The zero-order chi connectivity index (χ0) is 21.6. The molecule has 1 N–H and O–H groups in total. The molecule has 3 rings (SSSR count). The second-order valence-corrected chi connectivity index (χ2v) is 6.65. The monoisotopic (exact) mass is 416 g/mol. The van der Waals surface area contributed by atoms with Gasteiger partial charge in [0.05, 0.1) is 18.7 Å². The molecule has 0 spiro atoms. The normalized spacial score (nSPS) is 12.4. The standard InChI is InChI=1S/C21H19F3N4O2/c22-21(23,24)19-9-8-16(12-25-19)11-20(30)28(13-15-5-2-1-3-6-15)14-18(29)17-7-4-10-26-27-17/h1-10,12,18,29H,11,13-14H2. The number of aliphatic hydroxyl groups is 1. The van der Waals surface area contributed by atoms with Crippen LogP contribution in [-0.2, 0) is 23.9 Å². The molecule has 0 bridgehead atoms. The van der Waals surface area contributed by atoms with Gasteiger partial charge in [-0.25, -0.2) is 0 Å². The second kappa shape index (κ2) is 9.45. The van der Waals surface area contributed by atoms with Gasteiger partial charge in [-0.2, -0.15) is 23.4 Å². The first-order valence-corrected chi connectivity index (χ1v) is 9.12. The van der Waals surface area contributed by atoms with E-state index in [1.165, 1.54) is 17.2 Å². The Labute approximate surface area is 171 Å². The van der Waals surface area contributed by atoms with Crippen LogP contribution in [0.1, 0.15) is 28.6 Å². The maximum Gasteiger partial charge on any atom is 0.433 e. The smallest absolute Gasteiger partial charge is 0.385 e. The topological polar surface area (TPSA) is 79.2 Å². The number of nitrogens with zero attached hydrogens (tertiary/aromatic N) is 4. The van der Waals surface area contributed by atoms with Crippen molar-refractivity contribution in [1.29, 1.82) is 0 Å². The lowest BCUT2D eigenvalue weighted by molar-refractivity contribution is -0.141. The minimum Gasteiger partial charge on any atom is -0.385 e. The third-order valence-corrected chi connectivity index (χ3v) is 4.37. The summed E-state index contributed by atoms with van der Waals surface area (Å²) < 4.78 is 38.0. The molecule has 30 heavy (non-hydrogen) atoms. The fourth-order valence-electron chi connectivity index (χ4n) is 2.83. The molecule has 9 heteroatoms. The Morgan fingerprint density at radius 3 is 2.40 bits per heavy atom. The van der Waals surface area contributed by atoms with Gasteiger partial charge in [0, 0.05) is 18.9 Å². The zero-order valence-corrected chi connectivity index (χ0v) is 15.8. The highest BCUT2D eigenvalue weighted by atomic mass is 19.4. The molecule has 0 aliphatic heterocycles. The SMILES string of the molecule is O=C(Cc1ccc(C(F)(F)F)nc1)N(Cc1ccccc1)CC(O)c1cccnn1. The first kappa shape index (κ1) is 21.4. The van der Waals surface area contributed by atoms with E-state index in [0.717, 1.165) is 17.8 Å². The number of aromatic nitrogens is 3. The van der Waals surface area contributed by atoms with Crippen LogP contribution in [0.15, 0.2) is 67.0 Å². The molecule has 0 radical (unpaired) electrons. The summed E-state index contributed by atoms with van der Waals surface area (Å²) in [4.78, 5) is 17.7. The van der Waals surface area contributed by atoms with Crippen LogP contribution < -0.4 is 0 Å². The van der Waals surface area contributed by atoms with Gasteiger partial charge in [0.2, 0.25) is 5.91 Å². The summed E-state index contributed by atoms with van der Waals surface area (Å²) in [6.45, 7) is 0.186. The number of pyridine rings is 1. The number of carbonyl (C=O) groups is 1. The van der Waals surface area contributed by atoms with Gasteiger partial charge in [0.15, 0.2) is 0 Å². The lowest BCUT2D eigenvalue weighted by atomic mass is 10.1. The van der Waals surface area contributed by atoms with Gasteiger partial charge in [0.1, 0.15) is 11.8 Å². The Hall–Kier alpha value is -3.33. The highest BCUT2D eigenvalue weighted by Gasteiger charge is 2.32. The molecular weight excluding hydrogens is 397 g/mol. The number of hydrogen-bond acceptors (Lipinski definition) is 5. The zero-order valence-electron chi connectivity index (χ0n) is 15.8. The lowest BCUT2D eigenvalue weighted by Crippen LogP contribution is -2.35. The summed E-state index contributed by atoms with van der Waals surface area (Å²) >= 11 is 0. The quantitative estimate of drug-likeness (QED) is 0.640. The van der Waals surface area contributed by atoms with E-state index in [4.69, 9.17) is 0 Å². The summed E-state index contributed by atoms with van der Waals surface area (Å²) in [7, 11) is 0. The number of rotatable bonds is 7. The van der Waals surface area contributed by atoms with Crippen molar-refractivity contribution in [2.45, 2.75) is 25.2 Å². The van der Waals surface area contributed by atoms with Gasteiger partial charge in [-0.1, -0.05) is 36.4 Å². The summed E-state index contributed by atoms with van der Waals surface area (Å²) in [5, 5.41) is 18.1. The van der Waals surface area contributed by atoms with Crippen molar-refractivity contribution in [3.05, 3.63) is 89.5 Å². The third-order valence-electron chi connectivity index (χ3n) is 4.37. The van der Waals surface area contributed by atoms with E-state index in [0.29, 0.717) is 11.3 Å². The highest BCUT2D eigenvalue weighted by molar-refractivity contribution is 5.78. The van der Waals surface area contributed by atoms with Crippen molar-refractivity contribution in [2.24, 2.45) is 0 Å². The van der Waals surface area contributed by atoms with Crippen molar-refractivity contribution in [1.82, 2.24) is 20.1 Å². The van der Waals surface area contributed by atoms with Gasteiger partial charge >= 0.3 is 6.18 Å². The summed E-state index contributed by atoms with van der Waals surface area (Å²) in [6.07, 6.45) is -3.23. The molecule has 156 valence electrons. The lowest BCUT2D eigenvalue weighted by Gasteiger charge is -2.25. The first-order valence-electron chi connectivity index (χ1n) is 9.12. The Morgan fingerprint density at radius 2 is 1.80 bits per heavy atom. The molecule has 1 unspecified atom stereocenters. The minimum absolute atomic E-state index is 0.0412. The molecule has 2 aromatic heterocycles. The van der Waals surface area contributed by atoms with Crippen LogP contribution in [0.3, 0.4) is 0 Å². The molecule has 1 aromatic carbocycles. The fourth-order valence-corrected chi connectivity index (χ4v) is 2.83. The van der Waals surface area contributed by atoms with Crippen LogP contribution in [0.5, 0.6) is 0 Å². The molecule has 2 heterocycles. The van der Waals surface area contributed by atoms with Crippen LogP contribution in [0, 0.1) is 0 Å². The van der Waals surface area contributed by atoms with E-state index >= 15 is 0 Å². The van der Waals surface area contributed by atoms with Gasteiger partial charge in [-0.3, -0.25) is 9.78 Å². The van der Waals surface area contributed by atoms with Gasteiger partial charge < -0.3 is 10.0 Å². The maximum absolute atomic E-state index is 12.9. The molecule has 0 fully saturated rings. The molecule has 1 atom stereocenters.